The molecular formula is C105H159N22O18S2+. The number of hydrogen-bond acceptors (Lipinski definition) is 24. The second-order valence-corrected chi connectivity index (χ2v) is 41.2. The van der Waals surface area contributed by atoms with Crippen molar-refractivity contribution < 1.29 is 89.4 Å². The Bertz CT molecular complexity index is 5420. The molecule has 23 N–H and O–H groups in total. The first-order valence-corrected chi connectivity index (χ1v) is 53.0. The van der Waals surface area contributed by atoms with Crippen molar-refractivity contribution >= 4 is 145 Å². The SMILES string of the molecule is CC[N+]1=C(/C=C/C=C/C=C/C=C2/N(CCCCCC(=O)NCCO/N=C(\C)c3ccc(C[C@H](C)C(=O)CCCOCC(=O)N4CCC[C@H]4C(=O)N[C@@H](CC(C)C)C(=O)CCC(=O)N[C@@H](CS)C(=O)C[C@@H](C)C(=O)NCC(=O)C[C@H](CCCNC(=N)N)C(=O)N[C@H](CCCNC(=N)N)C(=O)C[C@H](CCCNC(=N)N)C(=O)N[C@H](CCCNC(=N)N)C(C)=O)cc3)c3ccc(S(=O)(=O)O)cc3C2(C)C)C(C)(C)c2cc(C)ccc21. The normalized spacial score (nSPS) is 16.1. The number of aryl methyl sites for hydroxylation is 1. The largest absolute Gasteiger partial charge is 0.394 e. The molecule has 6 rings (SSSR count). The monoisotopic (exact) mass is 2080 g/mol. The van der Waals surface area contributed by atoms with Crippen molar-refractivity contribution in [1.82, 2.24) is 58.1 Å². The zero-order valence-electron chi connectivity index (χ0n) is 87.4. The first kappa shape index (κ1) is 123. The number of hydrogen-bond donors (Lipinski definition) is 20. The van der Waals surface area contributed by atoms with Crippen molar-refractivity contribution in [2.75, 3.05) is 89.4 Å². The number of anilines is 1. The zero-order valence-corrected chi connectivity index (χ0v) is 89.1. The number of rotatable bonds is 68. The van der Waals surface area contributed by atoms with Gasteiger partial charge in [-0.3, -0.25) is 88.5 Å². The number of nitrogens with one attached hydrogen (secondary N) is 14. The number of likely N-dealkylation sites (tertiary alicyclic amines) is 1. The van der Waals surface area contributed by atoms with Gasteiger partial charge in [-0.2, -0.15) is 25.6 Å². The number of guanidine groups is 4. The number of carbonyl (C=O) groups is 13. The molecule has 0 saturated carbocycles. The van der Waals surface area contributed by atoms with E-state index in [0.29, 0.717) is 57.2 Å². The van der Waals surface area contributed by atoms with E-state index in [9.17, 15) is 75.3 Å². The van der Waals surface area contributed by atoms with Crippen molar-refractivity contribution in [3.8, 4) is 0 Å². The molecule has 3 aromatic carbocycles. The lowest BCUT2D eigenvalue weighted by Crippen LogP contribution is -2.52. The van der Waals surface area contributed by atoms with Gasteiger partial charge in [0.25, 0.3) is 10.1 Å². The predicted molar refractivity (Wildman–Crippen MR) is 571 cm³/mol. The van der Waals surface area contributed by atoms with E-state index in [0.717, 1.165) is 47.5 Å². The van der Waals surface area contributed by atoms with E-state index in [2.05, 4.69) is 138 Å². The van der Waals surface area contributed by atoms with Gasteiger partial charge in [-0.25, -0.2) is 0 Å². The molecule has 1 saturated heterocycles. The highest BCUT2D eigenvalue weighted by atomic mass is 32.2. The second kappa shape index (κ2) is 61.7. The average Bonchev–Trinajstić information content (AvgIpc) is 1.60. The summed E-state index contributed by atoms with van der Waals surface area (Å²) in [7, 11) is -4.44. The third-order valence-corrected chi connectivity index (χ3v) is 27.5. The van der Waals surface area contributed by atoms with Crippen LogP contribution in [0.15, 0.2) is 119 Å². The Balaban J connectivity index is 0.889. The van der Waals surface area contributed by atoms with Crippen LogP contribution in [0.4, 0.5) is 11.4 Å². The minimum atomic E-state index is -4.44. The number of amides is 7. The van der Waals surface area contributed by atoms with Crippen LogP contribution < -0.4 is 81.0 Å². The standard InChI is InChI=1S/C105H158N22O18S2/c1-13-125-84-43-37-67(4)57-78(84)104(9,10)91(125)34-18-15-14-16-19-35-92-105(11,12)79-62-77(147(141,142)143)42-44-85(79)126(92)52-21-17-20-36-93(134)114-51-55-145-124-70(7)73-40-38-72(39-41-73)58-68(5)87(130)33-27-54-144-64-95(136)127-53-26-32-86(127)99(140)123-82(56-66(2)3)88(131)45-46-94(135)120-83(65-146)89(132)59-69(6)96(137)119-63-76(129)60-74(28-22-47-115-100(106)107)97(138)122-81(31-25-50-118-103(112)113)90(133)61-75(29-23-48-116-101(108)109)98(139)121-80(71(8)128)30-24-49-117-102(110)111/h14-16,18-19,34-35,37-44,57,62,66,68-69,74-75,80-83,86H,13,17,20-33,36,45-56,58-61,63-65H2,1-12H3,(H23-,106,107,108,109,110,111,112,113,114,115,116,117,118,119,120,121,122,123,134,135,137,138,139,140,141,142,143,146)/p+1/b124-70+/t68-,69+,74-,75-,80+,81+,82-,83-,86-/m0/s1. The van der Waals surface area contributed by atoms with Crippen LogP contribution in [-0.4, -0.2) is 248 Å². The zero-order chi connectivity index (χ0) is 109. The molecule has 808 valence electrons. The summed E-state index contributed by atoms with van der Waals surface area (Å²) in [5.41, 5.74) is 31.1. The van der Waals surface area contributed by atoms with Gasteiger partial charge in [-0.1, -0.05) is 119 Å². The minimum absolute atomic E-state index is 0.0163. The number of allylic oxidation sites excluding steroid dienone is 8. The Labute approximate surface area is 870 Å². The molecule has 147 heavy (non-hydrogen) atoms. The lowest BCUT2D eigenvalue weighted by Gasteiger charge is -2.27. The number of ether oxygens (including phenoxy) is 1. The Kier molecular flexibility index (Phi) is 51.6. The number of thiol groups is 1. The Morgan fingerprint density at radius 3 is 1.79 bits per heavy atom. The number of oxime groups is 1. The van der Waals surface area contributed by atoms with E-state index in [4.69, 9.17) is 54.1 Å². The van der Waals surface area contributed by atoms with E-state index in [1.807, 2.05) is 96.2 Å². The summed E-state index contributed by atoms with van der Waals surface area (Å²) in [4.78, 5) is 187. The van der Waals surface area contributed by atoms with Crippen molar-refractivity contribution in [3.05, 3.63) is 137 Å². The molecular weight excluding hydrogens is 1920 g/mol. The van der Waals surface area contributed by atoms with Crippen LogP contribution in [0.5, 0.6) is 0 Å². The van der Waals surface area contributed by atoms with E-state index in [1.54, 1.807) is 12.1 Å². The highest BCUT2D eigenvalue weighted by Gasteiger charge is 2.45. The molecule has 40 nitrogen and oxygen atoms in total. The Hall–Kier alpha value is -12.8. The molecule has 1 fully saturated rings. The van der Waals surface area contributed by atoms with Gasteiger partial charge in [0.1, 0.15) is 31.6 Å². The molecule has 0 spiro atoms. The third kappa shape index (κ3) is 41.4. The van der Waals surface area contributed by atoms with Gasteiger partial charge in [0.15, 0.2) is 58.5 Å². The van der Waals surface area contributed by atoms with Crippen LogP contribution >= 0.6 is 12.6 Å². The molecule has 0 aliphatic carbocycles. The topological polar surface area (TPSA) is 636 Å². The fourth-order valence-corrected chi connectivity index (χ4v) is 18.9. The smallest absolute Gasteiger partial charge is 0.294 e. The number of ketones is 6. The Morgan fingerprint density at radius 2 is 1.18 bits per heavy atom. The summed E-state index contributed by atoms with van der Waals surface area (Å²) >= 11 is 4.29. The maximum atomic E-state index is 14.4. The number of benzene rings is 3. The molecule has 3 aliphatic rings. The summed E-state index contributed by atoms with van der Waals surface area (Å²) in [6.07, 6.45) is 18.0. The molecule has 3 aromatic rings. The highest BCUT2D eigenvalue weighted by molar-refractivity contribution is 7.85. The van der Waals surface area contributed by atoms with Crippen LogP contribution in [0.3, 0.4) is 0 Å². The van der Waals surface area contributed by atoms with Gasteiger partial charge in [0, 0.05) is 155 Å². The Morgan fingerprint density at radius 1 is 0.585 bits per heavy atom. The first-order valence-electron chi connectivity index (χ1n) is 50.9. The second-order valence-electron chi connectivity index (χ2n) is 39.4. The minimum Gasteiger partial charge on any atom is -0.394 e. The molecule has 0 bridgehead atoms. The molecule has 0 aromatic heterocycles. The van der Waals surface area contributed by atoms with Gasteiger partial charge in [0.2, 0.25) is 47.0 Å². The van der Waals surface area contributed by atoms with E-state index < -0.39 is 148 Å². The van der Waals surface area contributed by atoms with Crippen LogP contribution in [-0.2, 0) is 99.3 Å². The number of carbonyl (C=O) groups excluding carboxylic acids is 13. The lowest BCUT2D eigenvalue weighted by molar-refractivity contribution is -0.433. The van der Waals surface area contributed by atoms with Crippen LogP contribution in [0, 0.1) is 58.2 Å². The van der Waals surface area contributed by atoms with Gasteiger partial charge in [-0.15, -0.1) is 0 Å². The van der Waals surface area contributed by atoms with Crippen LogP contribution in [0.25, 0.3) is 0 Å². The van der Waals surface area contributed by atoms with E-state index in [-0.39, 0.29) is 199 Å². The van der Waals surface area contributed by atoms with Crippen LogP contribution in [0.1, 0.15) is 245 Å². The van der Waals surface area contributed by atoms with Gasteiger partial charge >= 0.3 is 0 Å². The molecule has 3 aliphatic heterocycles. The van der Waals surface area contributed by atoms with E-state index >= 15 is 0 Å². The number of nitrogens with zero attached hydrogens (tertiary/aromatic N) is 4. The van der Waals surface area contributed by atoms with Crippen molar-refractivity contribution in [2.24, 2.45) is 57.7 Å². The first-order chi connectivity index (χ1) is 69.6. The summed E-state index contributed by atoms with van der Waals surface area (Å²) in [6.45, 7) is 24.9. The summed E-state index contributed by atoms with van der Waals surface area (Å²) in [6, 6.07) is 13.6. The fourth-order valence-electron chi connectivity index (χ4n) is 18.1. The molecule has 42 heteroatoms. The summed E-state index contributed by atoms with van der Waals surface area (Å²) in [5, 5.41) is 61.3. The van der Waals surface area contributed by atoms with Gasteiger partial charge in [-0.05, 0) is 191 Å². The van der Waals surface area contributed by atoms with Crippen molar-refractivity contribution in [2.45, 2.75) is 277 Å². The van der Waals surface area contributed by atoms with Crippen molar-refractivity contribution in [3.63, 3.8) is 0 Å². The highest BCUT2D eigenvalue weighted by Crippen LogP contribution is 2.49. The maximum Gasteiger partial charge on any atom is 0.294 e. The molecule has 9 atom stereocenters. The van der Waals surface area contributed by atoms with Crippen LogP contribution in [0.2, 0.25) is 0 Å². The summed E-state index contributed by atoms with van der Waals surface area (Å²) in [5.74, 6) is -11.6. The van der Waals surface area contributed by atoms with Crippen molar-refractivity contribution in [1.29, 1.82) is 21.6 Å². The average molecular weight is 2080 g/mol. The molecule has 0 unspecified atom stereocenters. The number of unbranched alkanes of at least 4 members (excludes halogenated alkanes) is 2. The van der Waals surface area contributed by atoms with Gasteiger partial charge < -0.3 is 95.5 Å². The van der Waals surface area contributed by atoms with E-state index in [1.165, 1.54) is 47.3 Å². The third-order valence-electron chi connectivity index (χ3n) is 26.3. The predicted octanol–water partition coefficient (Wildman–Crippen LogP) is 7.41. The molecule has 3 heterocycles. The number of Topliss-reactive ketones (excluding diaryl/α,β-unsaturated/α-hetero) is 6. The molecule has 0 radical (unpaired) electrons. The summed E-state index contributed by atoms with van der Waals surface area (Å²) < 4.78 is 42.7. The molecule has 7 amide bonds. The maximum absolute atomic E-state index is 14.4. The van der Waals surface area contributed by atoms with Gasteiger partial charge in [0.05, 0.1) is 53.3 Å². The quantitative estimate of drug-likeness (QED) is 0.00382. The lowest BCUT2D eigenvalue weighted by atomic mass is 9.81. The number of nitrogens with two attached hydrogens (primary N) is 4. The number of fused-ring (bicyclic) bond motifs is 2. The fraction of sp³-hybridized carbons (Fsp3) is 0.571.